The monoisotopic (exact) mass is 654 g/mol. The fourth-order valence-electron chi connectivity index (χ4n) is 7.62. The molecule has 2 nitrogen and oxygen atoms in total. The van der Waals surface area contributed by atoms with Gasteiger partial charge in [-0.05, 0) is 88.8 Å². The summed E-state index contributed by atoms with van der Waals surface area (Å²) in [6, 6.07) is 63.9. The molecule has 1 aliphatic carbocycles. The van der Waals surface area contributed by atoms with Gasteiger partial charge in [-0.1, -0.05) is 153 Å². The number of anilines is 3. The summed E-state index contributed by atoms with van der Waals surface area (Å²) in [4.78, 5) is 2.36. The number of hydrogen-bond acceptors (Lipinski definition) is 1. The molecule has 1 atom stereocenters. The molecule has 0 saturated carbocycles. The van der Waals surface area contributed by atoms with Gasteiger partial charge >= 0.3 is 0 Å². The fraction of sp³-hybridized carbons (Fsp3) is 0.0612. The summed E-state index contributed by atoms with van der Waals surface area (Å²) in [6.07, 6.45) is 9.90. The van der Waals surface area contributed by atoms with Gasteiger partial charge < -0.3 is 9.47 Å². The highest BCUT2D eigenvalue weighted by molar-refractivity contribution is 6.10. The summed E-state index contributed by atoms with van der Waals surface area (Å²) in [7, 11) is 0. The second kappa shape index (κ2) is 12.8. The summed E-state index contributed by atoms with van der Waals surface area (Å²) >= 11 is 0. The van der Waals surface area contributed by atoms with Crippen molar-refractivity contribution in [1.29, 1.82) is 0 Å². The molecule has 0 amide bonds. The minimum Gasteiger partial charge on any atom is -0.310 e. The SMILES string of the molecule is CC1(c2ccc(-c3ccc(N(c4ccccc4)c4ccc5c6ccccc6n(-c6ccc(-c7ccccc7)cc6)c5c4)cc3)cc2)C=CC=CC1. The van der Waals surface area contributed by atoms with E-state index >= 15 is 0 Å². The average molecular weight is 655 g/mol. The number of nitrogens with zero attached hydrogens (tertiary/aromatic N) is 2. The zero-order chi connectivity index (χ0) is 34.2. The number of fused-ring (bicyclic) bond motifs is 3. The van der Waals surface area contributed by atoms with Crippen LogP contribution in [0.3, 0.4) is 0 Å². The lowest BCUT2D eigenvalue weighted by Crippen LogP contribution is -2.19. The minimum atomic E-state index is 0.0474. The molecule has 0 N–H and O–H groups in total. The molecule has 1 heterocycles. The molecule has 0 aliphatic heterocycles. The van der Waals surface area contributed by atoms with Crippen LogP contribution in [-0.2, 0) is 5.41 Å². The molecule has 0 radical (unpaired) electrons. The third-order valence-corrected chi connectivity index (χ3v) is 10.4. The van der Waals surface area contributed by atoms with Crippen LogP contribution < -0.4 is 4.90 Å². The summed E-state index contributed by atoms with van der Waals surface area (Å²) in [5.41, 5.74) is 13.1. The molecule has 1 aromatic heterocycles. The van der Waals surface area contributed by atoms with E-state index in [1.165, 1.54) is 49.6 Å². The van der Waals surface area contributed by atoms with Crippen LogP contribution in [0.15, 0.2) is 200 Å². The maximum atomic E-state index is 2.40. The number of allylic oxidation sites excluding steroid dienone is 4. The van der Waals surface area contributed by atoms with Gasteiger partial charge in [-0.2, -0.15) is 0 Å². The number of hydrogen-bond donors (Lipinski definition) is 0. The van der Waals surface area contributed by atoms with Crippen molar-refractivity contribution in [2.75, 3.05) is 4.90 Å². The zero-order valence-electron chi connectivity index (χ0n) is 28.7. The Bertz CT molecular complexity index is 2520. The standard InChI is InChI=1S/C49H38N2/c1-49(33-11-4-12-34-49)40-25-19-37(20-26-40)39-21-27-42(28-22-39)50(41-15-7-3-8-16-41)44-31-32-46-45-17-9-10-18-47(45)51(48(46)35-44)43-29-23-38(24-30-43)36-13-5-2-6-14-36/h2-33,35H,34H2,1H3. The van der Waals surface area contributed by atoms with Crippen LogP contribution in [0, 0.1) is 0 Å². The Morgan fingerprint density at radius 2 is 1.02 bits per heavy atom. The first-order valence-corrected chi connectivity index (χ1v) is 17.7. The molecule has 7 aromatic carbocycles. The number of para-hydroxylation sites is 2. The maximum absolute atomic E-state index is 2.40. The van der Waals surface area contributed by atoms with Crippen molar-refractivity contribution in [3.05, 3.63) is 206 Å². The highest BCUT2D eigenvalue weighted by atomic mass is 15.1. The molecule has 0 saturated heterocycles. The molecule has 51 heavy (non-hydrogen) atoms. The highest BCUT2D eigenvalue weighted by Gasteiger charge is 2.23. The molecule has 9 rings (SSSR count). The van der Waals surface area contributed by atoms with E-state index in [0.29, 0.717) is 0 Å². The van der Waals surface area contributed by atoms with Crippen LogP contribution in [0.25, 0.3) is 49.7 Å². The normalized spacial score (nSPS) is 15.4. The highest BCUT2D eigenvalue weighted by Crippen LogP contribution is 2.40. The first kappa shape index (κ1) is 30.7. The van der Waals surface area contributed by atoms with Crippen molar-refractivity contribution in [2.45, 2.75) is 18.8 Å². The summed E-state index contributed by atoms with van der Waals surface area (Å²) in [6.45, 7) is 2.31. The van der Waals surface area contributed by atoms with E-state index in [0.717, 1.165) is 29.2 Å². The van der Waals surface area contributed by atoms with Gasteiger partial charge in [0.2, 0.25) is 0 Å². The molecule has 244 valence electrons. The second-order valence-electron chi connectivity index (χ2n) is 13.7. The molecule has 1 aliphatic rings. The average Bonchev–Trinajstić information content (AvgIpc) is 3.53. The Labute approximate surface area is 299 Å². The van der Waals surface area contributed by atoms with Gasteiger partial charge in [-0.3, -0.25) is 0 Å². The molecular weight excluding hydrogens is 617 g/mol. The van der Waals surface area contributed by atoms with Crippen molar-refractivity contribution >= 4 is 38.9 Å². The lowest BCUT2D eigenvalue weighted by atomic mass is 9.77. The quantitative estimate of drug-likeness (QED) is 0.166. The predicted octanol–water partition coefficient (Wildman–Crippen LogP) is 13.4. The first-order valence-electron chi connectivity index (χ1n) is 17.7. The second-order valence-corrected chi connectivity index (χ2v) is 13.7. The van der Waals surface area contributed by atoms with Crippen LogP contribution >= 0.6 is 0 Å². The van der Waals surface area contributed by atoms with Crippen molar-refractivity contribution in [3.63, 3.8) is 0 Å². The van der Waals surface area contributed by atoms with Gasteiger partial charge in [0.15, 0.2) is 0 Å². The molecule has 1 unspecified atom stereocenters. The van der Waals surface area contributed by atoms with Crippen LogP contribution in [0.4, 0.5) is 17.1 Å². The molecule has 0 bridgehead atoms. The summed E-state index contributed by atoms with van der Waals surface area (Å²) in [5, 5.41) is 2.49. The van der Waals surface area contributed by atoms with Crippen molar-refractivity contribution in [1.82, 2.24) is 4.57 Å². The molecule has 2 heteroatoms. The zero-order valence-corrected chi connectivity index (χ0v) is 28.7. The number of rotatable bonds is 7. The van der Waals surface area contributed by atoms with Gasteiger partial charge in [0.1, 0.15) is 0 Å². The van der Waals surface area contributed by atoms with E-state index in [1.807, 2.05) is 0 Å². The van der Waals surface area contributed by atoms with Gasteiger partial charge in [0.05, 0.1) is 11.0 Å². The Kier molecular flexibility index (Phi) is 7.71. The lowest BCUT2D eigenvalue weighted by Gasteiger charge is -2.27. The van der Waals surface area contributed by atoms with Gasteiger partial charge in [0, 0.05) is 38.9 Å². The largest absolute Gasteiger partial charge is 0.310 e. The van der Waals surface area contributed by atoms with E-state index in [2.05, 4.69) is 217 Å². The molecular formula is C49H38N2. The smallest absolute Gasteiger partial charge is 0.0561 e. The van der Waals surface area contributed by atoms with Gasteiger partial charge in [-0.15, -0.1) is 0 Å². The van der Waals surface area contributed by atoms with Crippen LogP contribution in [0.5, 0.6) is 0 Å². The van der Waals surface area contributed by atoms with Crippen molar-refractivity contribution in [3.8, 4) is 27.9 Å². The van der Waals surface area contributed by atoms with E-state index in [1.54, 1.807) is 0 Å². The third kappa shape index (κ3) is 5.65. The van der Waals surface area contributed by atoms with Gasteiger partial charge in [0.25, 0.3) is 0 Å². The van der Waals surface area contributed by atoms with Crippen molar-refractivity contribution in [2.24, 2.45) is 0 Å². The number of benzene rings is 7. The topological polar surface area (TPSA) is 8.17 Å². The predicted molar refractivity (Wildman–Crippen MR) is 217 cm³/mol. The molecule has 0 fully saturated rings. The van der Waals surface area contributed by atoms with Gasteiger partial charge in [-0.25, -0.2) is 0 Å². The molecule has 8 aromatic rings. The van der Waals surface area contributed by atoms with E-state index < -0.39 is 0 Å². The van der Waals surface area contributed by atoms with Crippen LogP contribution in [0.1, 0.15) is 18.9 Å². The van der Waals surface area contributed by atoms with E-state index in [4.69, 9.17) is 0 Å². The van der Waals surface area contributed by atoms with E-state index in [-0.39, 0.29) is 5.41 Å². The van der Waals surface area contributed by atoms with Crippen LogP contribution in [0.2, 0.25) is 0 Å². The Morgan fingerprint density at radius 3 is 1.71 bits per heavy atom. The summed E-state index contributed by atoms with van der Waals surface area (Å²) < 4.78 is 2.40. The Hall–Kier alpha value is -6.38. The van der Waals surface area contributed by atoms with E-state index in [9.17, 15) is 0 Å². The Balaban J connectivity index is 1.11. The maximum Gasteiger partial charge on any atom is 0.0561 e. The Morgan fingerprint density at radius 1 is 0.471 bits per heavy atom. The third-order valence-electron chi connectivity index (χ3n) is 10.4. The molecule has 0 spiro atoms. The summed E-state index contributed by atoms with van der Waals surface area (Å²) in [5.74, 6) is 0. The first-order chi connectivity index (χ1) is 25.1. The van der Waals surface area contributed by atoms with Crippen LogP contribution in [-0.4, -0.2) is 4.57 Å². The van der Waals surface area contributed by atoms with Crippen molar-refractivity contribution < 1.29 is 0 Å². The minimum absolute atomic E-state index is 0.0474. The lowest BCUT2D eigenvalue weighted by molar-refractivity contribution is 0.600. The number of aromatic nitrogens is 1. The fourth-order valence-corrected chi connectivity index (χ4v) is 7.62.